The van der Waals surface area contributed by atoms with E-state index in [1.165, 1.54) is 11.6 Å². The van der Waals surface area contributed by atoms with Crippen LogP contribution in [0.2, 0.25) is 0 Å². The molecule has 3 amide bonds. The summed E-state index contributed by atoms with van der Waals surface area (Å²) in [7, 11) is 1.60. The Hall–Kier alpha value is -5.22. The van der Waals surface area contributed by atoms with Gasteiger partial charge in [0.25, 0.3) is 11.8 Å². The second kappa shape index (κ2) is 12.4. The molecule has 45 heavy (non-hydrogen) atoms. The van der Waals surface area contributed by atoms with E-state index < -0.39 is 11.9 Å². The molecule has 0 saturated carbocycles. The van der Waals surface area contributed by atoms with Crippen molar-refractivity contribution in [2.24, 2.45) is 11.5 Å². The topological polar surface area (TPSA) is 141 Å². The van der Waals surface area contributed by atoms with Crippen LogP contribution in [0.4, 0.5) is 5.69 Å². The number of nitrogens with zero attached hydrogens (tertiary/aromatic N) is 3. The summed E-state index contributed by atoms with van der Waals surface area (Å²) in [6.07, 6.45) is 3.22. The first kappa shape index (κ1) is 29.8. The summed E-state index contributed by atoms with van der Waals surface area (Å²) >= 11 is 0. The number of benzene rings is 3. The molecular formula is C35H35N5O5. The molecule has 0 saturated heterocycles. The van der Waals surface area contributed by atoms with E-state index in [1.54, 1.807) is 23.1 Å². The van der Waals surface area contributed by atoms with Crippen LogP contribution in [0.5, 0.6) is 11.5 Å². The van der Waals surface area contributed by atoms with Crippen molar-refractivity contribution in [3.05, 3.63) is 118 Å². The Balaban J connectivity index is 1.14. The molecule has 2 atom stereocenters. The smallest absolute Gasteiger partial charge is 0.258 e. The fourth-order valence-electron chi connectivity index (χ4n) is 5.81. The van der Waals surface area contributed by atoms with E-state index >= 15 is 0 Å². The van der Waals surface area contributed by atoms with Gasteiger partial charge in [-0.2, -0.15) is 0 Å². The molecule has 2 aliphatic heterocycles. The maximum absolute atomic E-state index is 13.6. The summed E-state index contributed by atoms with van der Waals surface area (Å²) in [6, 6.07) is 22.0. The summed E-state index contributed by atoms with van der Waals surface area (Å²) in [5.74, 6) is 0.162. The molecule has 3 heterocycles. The Labute approximate surface area is 261 Å². The molecule has 10 heteroatoms. The molecule has 0 spiro atoms. The van der Waals surface area contributed by atoms with Crippen LogP contribution >= 0.6 is 0 Å². The Morgan fingerprint density at radius 2 is 1.69 bits per heavy atom. The van der Waals surface area contributed by atoms with Crippen LogP contribution in [0.3, 0.4) is 0 Å². The lowest BCUT2D eigenvalue weighted by atomic mass is 10.1. The average Bonchev–Trinajstić information content (AvgIpc) is 3.55. The van der Waals surface area contributed by atoms with Crippen molar-refractivity contribution in [2.75, 3.05) is 12.0 Å². The van der Waals surface area contributed by atoms with Gasteiger partial charge in [-0.1, -0.05) is 42.5 Å². The second-order valence-corrected chi connectivity index (χ2v) is 11.5. The Kier molecular flexibility index (Phi) is 8.23. The summed E-state index contributed by atoms with van der Waals surface area (Å²) in [5, 5.41) is 0. The highest BCUT2D eigenvalue weighted by molar-refractivity contribution is 6.10. The van der Waals surface area contributed by atoms with Crippen LogP contribution in [-0.2, 0) is 30.8 Å². The van der Waals surface area contributed by atoms with Crippen LogP contribution < -0.4 is 25.8 Å². The number of methoxy groups -OCH3 is 1. The normalized spacial score (nSPS) is 15.1. The number of fused-ring (bicyclic) bond motifs is 2. The maximum atomic E-state index is 13.6. The van der Waals surface area contributed by atoms with E-state index in [9.17, 15) is 14.4 Å². The molecule has 2 unspecified atom stereocenters. The van der Waals surface area contributed by atoms with Gasteiger partial charge in [-0.25, -0.2) is 0 Å². The van der Waals surface area contributed by atoms with Crippen LogP contribution in [0.1, 0.15) is 68.1 Å². The number of amides is 3. The van der Waals surface area contributed by atoms with Crippen molar-refractivity contribution < 1.29 is 23.9 Å². The van der Waals surface area contributed by atoms with Crippen molar-refractivity contribution in [3.8, 4) is 11.5 Å². The molecular weight excluding hydrogens is 570 g/mol. The predicted molar refractivity (Wildman–Crippen MR) is 169 cm³/mol. The molecule has 6 rings (SSSR count). The van der Waals surface area contributed by atoms with Gasteiger partial charge >= 0.3 is 0 Å². The van der Waals surface area contributed by atoms with Gasteiger partial charge in [0.2, 0.25) is 5.91 Å². The number of ether oxygens (including phenoxy) is 2. The number of rotatable bonds is 11. The standard InChI is InChI=1S/C35H35N5O5/c1-21(8-9-22-6-4-3-5-7-22)45-31-15-26(12-13-30(31)44-2)40-20-24-11-10-23(14-27(24)35(40)43)18-39-19-25-17-38-29(32(36)33(37)41)16-28(25)34(39)42/h3-7,10-17,21,32H,8-9,18-20,36H2,1-2H3,(H2,37,41). The Morgan fingerprint density at radius 1 is 0.911 bits per heavy atom. The van der Waals surface area contributed by atoms with E-state index in [0.29, 0.717) is 47.9 Å². The van der Waals surface area contributed by atoms with E-state index in [-0.39, 0.29) is 23.6 Å². The fourth-order valence-corrected chi connectivity index (χ4v) is 5.81. The van der Waals surface area contributed by atoms with Gasteiger partial charge in [0, 0.05) is 47.7 Å². The molecule has 230 valence electrons. The molecule has 1 aromatic heterocycles. The molecule has 4 N–H and O–H groups in total. The SMILES string of the molecule is COc1ccc(N2Cc3ccc(CN4Cc5cnc(C(N)C(N)=O)cc5C4=O)cc3C2=O)cc1OC(C)CCc1ccccc1. The lowest BCUT2D eigenvalue weighted by Crippen LogP contribution is -2.29. The van der Waals surface area contributed by atoms with Gasteiger partial charge in [0.15, 0.2) is 11.5 Å². The highest BCUT2D eigenvalue weighted by atomic mass is 16.5. The van der Waals surface area contributed by atoms with E-state index in [2.05, 4.69) is 17.1 Å². The minimum Gasteiger partial charge on any atom is -0.493 e. The van der Waals surface area contributed by atoms with Crippen molar-refractivity contribution >= 4 is 23.4 Å². The predicted octanol–water partition coefficient (Wildman–Crippen LogP) is 4.29. The lowest BCUT2D eigenvalue weighted by Gasteiger charge is -2.21. The third kappa shape index (κ3) is 6.09. The summed E-state index contributed by atoms with van der Waals surface area (Å²) in [4.78, 5) is 46.0. The zero-order valence-corrected chi connectivity index (χ0v) is 25.2. The number of carbonyl (C=O) groups excluding carboxylic acids is 3. The number of primary amides is 1. The van der Waals surface area contributed by atoms with E-state index in [1.807, 2.05) is 61.5 Å². The number of aromatic nitrogens is 1. The first-order chi connectivity index (χ1) is 21.7. The fraction of sp³-hybridized carbons (Fsp3) is 0.257. The molecule has 0 fully saturated rings. The average molecular weight is 606 g/mol. The lowest BCUT2D eigenvalue weighted by molar-refractivity contribution is -0.119. The molecule has 4 aromatic rings. The monoisotopic (exact) mass is 605 g/mol. The number of aryl methyl sites for hydroxylation is 1. The number of anilines is 1. The molecule has 0 radical (unpaired) electrons. The number of carbonyl (C=O) groups is 3. The van der Waals surface area contributed by atoms with Crippen molar-refractivity contribution in [3.63, 3.8) is 0 Å². The first-order valence-electron chi connectivity index (χ1n) is 14.9. The Bertz CT molecular complexity index is 1780. The number of hydrogen-bond donors (Lipinski definition) is 2. The number of hydrogen-bond acceptors (Lipinski definition) is 7. The van der Waals surface area contributed by atoms with Crippen LogP contribution in [0, 0.1) is 0 Å². The first-order valence-corrected chi connectivity index (χ1v) is 14.9. The molecule has 2 aliphatic rings. The zero-order valence-electron chi connectivity index (χ0n) is 25.2. The van der Waals surface area contributed by atoms with Crippen LogP contribution in [0.15, 0.2) is 79.0 Å². The highest BCUT2D eigenvalue weighted by Crippen LogP contribution is 2.37. The van der Waals surface area contributed by atoms with Gasteiger partial charge < -0.3 is 30.7 Å². The molecule has 0 bridgehead atoms. The van der Waals surface area contributed by atoms with Crippen LogP contribution in [-0.4, -0.2) is 40.8 Å². The molecule has 10 nitrogen and oxygen atoms in total. The van der Waals surface area contributed by atoms with Crippen molar-refractivity contribution in [1.82, 2.24) is 9.88 Å². The van der Waals surface area contributed by atoms with E-state index in [4.69, 9.17) is 20.9 Å². The molecule has 3 aromatic carbocycles. The summed E-state index contributed by atoms with van der Waals surface area (Å²) < 4.78 is 11.9. The van der Waals surface area contributed by atoms with Gasteiger partial charge in [0.1, 0.15) is 6.04 Å². The highest BCUT2D eigenvalue weighted by Gasteiger charge is 2.32. The largest absolute Gasteiger partial charge is 0.493 e. The third-order valence-electron chi connectivity index (χ3n) is 8.33. The number of pyridine rings is 1. The van der Waals surface area contributed by atoms with Gasteiger partial charge in [-0.05, 0) is 60.7 Å². The Morgan fingerprint density at radius 3 is 2.44 bits per heavy atom. The summed E-state index contributed by atoms with van der Waals surface area (Å²) in [6.45, 7) is 3.13. The maximum Gasteiger partial charge on any atom is 0.258 e. The second-order valence-electron chi connectivity index (χ2n) is 11.5. The van der Waals surface area contributed by atoms with Crippen molar-refractivity contribution in [1.29, 1.82) is 0 Å². The summed E-state index contributed by atoms with van der Waals surface area (Å²) in [5.41, 5.74) is 16.9. The van der Waals surface area contributed by atoms with Gasteiger partial charge in [-0.3, -0.25) is 19.4 Å². The quantitative estimate of drug-likeness (QED) is 0.260. The van der Waals surface area contributed by atoms with Crippen LogP contribution in [0.25, 0.3) is 0 Å². The third-order valence-corrected chi connectivity index (χ3v) is 8.33. The molecule has 0 aliphatic carbocycles. The number of nitrogens with two attached hydrogens (primary N) is 2. The van der Waals surface area contributed by atoms with Gasteiger partial charge in [0.05, 0.1) is 25.5 Å². The minimum absolute atomic E-state index is 0.0647. The van der Waals surface area contributed by atoms with Crippen molar-refractivity contribution in [2.45, 2.75) is 51.5 Å². The van der Waals surface area contributed by atoms with E-state index in [0.717, 1.165) is 29.5 Å². The van der Waals surface area contributed by atoms with Gasteiger partial charge in [-0.15, -0.1) is 0 Å². The minimum atomic E-state index is -1.08. The zero-order chi connectivity index (χ0) is 31.7.